The van der Waals surface area contributed by atoms with Gasteiger partial charge in [-0.1, -0.05) is 6.07 Å². The molecule has 100 valence electrons. The predicted molar refractivity (Wildman–Crippen MR) is 75.7 cm³/mol. The van der Waals surface area contributed by atoms with E-state index in [0.717, 1.165) is 25.8 Å². The number of carbonyl (C=O) groups excluding carboxylic acids is 1. The monoisotopic (exact) mass is 266 g/mol. The molecule has 1 aromatic rings. The SMILES string of the molecule is CC1(CN)CCCCN1C(=O)CCc1cccs1. The highest BCUT2D eigenvalue weighted by Gasteiger charge is 2.35. The molecule has 2 heterocycles. The molecule has 1 aliphatic rings. The molecule has 2 N–H and O–H groups in total. The van der Waals surface area contributed by atoms with E-state index in [9.17, 15) is 4.79 Å². The van der Waals surface area contributed by atoms with Gasteiger partial charge in [-0.15, -0.1) is 11.3 Å². The number of hydrogen-bond donors (Lipinski definition) is 1. The minimum atomic E-state index is -0.120. The molecule has 0 spiro atoms. The van der Waals surface area contributed by atoms with Gasteiger partial charge in [0.15, 0.2) is 0 Å². The average Bonchev–Trinajstić information content (AvgIpc) is 2.89. The van der Waals surface area contributed by atoms with Gasteiger partial charge in [-0.2, -0.15) is 0 Å². The fourth-order valence-corrected chi connectivity index (χ4v) is 3.35. The standard InChI is InChI=1S/C14H22N2OS/c1-14(11-15)8-2-3-9-16(14)13(17)7-6-12-5-4-10-18-12/h4-5,10H,2-3,6-9,11,15H2,1H3. The summed E-state index contributed by atoms with van der Waals surface area (Å²) >= 11 is 1.72. The first-order valence-electron chi connectivity index (χ1n) is 6.69. The van der Waals surface area contributed by atoms with Crippen molar-refractivity contribution in [3.63, 3.8) is 0 Å². The average molecular weight is 266 g/mol. The predicted octanol–water partition coefficient (Wildman–Crippen LogP) is 2.41. The van der Waals surface area contributed by atoms with Crippen molar-refractivity contribution in [3.05, 3.63) is 22.4 Å². The Bertz CT molecular complexity index is 391. The molecule has 0 bridgehead atoms. The molecule has 0 radical (unpaired) electrons. The molecule has 2 rings (SSSR count). The van der Waals surface area contributed by atoms with Crippen LogP contribution in [-0.4, -0.2) is 29.4 Å². The van der Waals surface area contributed by atoms with Crippen LogP contribution in [0.5, 0.6) is 0 Å². The molecule has 1 saturated heterocycles. The maximum atomic E-state index is 12.3. The first-order valence-corrected chi connectivity index (χ1v) is 7.56. The molecule has 0 aromatic carbocycles. The Morgan fingerprint density at radius 1 is 1.56 bits per heavy atom. The van der Waals surface area contributed by atoms with E-state index in [1.54, 1.807) is 11.3 Å². The van der Waals surface area contributed by atoms with Crippen LogP contribution in [0.4, 0.5) is 0 Å². The van der Waals surface area contributed by atoms with Crippen LogP contribution in [0, 0.1) is 0 Å². The van der Waals surface area contributed by atoms with Crippen molar-refractivity contribution in [3.8, 4) is 0 Å². The summed E-state index contributed by atoms with van der Waals surface area (Å²) in [4.78, 5) is 15.6. The van der Waals surface area contributed by atoms with E-state index in [-0.39, 0.29) is 11.4 Å². The Morgan fingerprint density at radius 2 is 2.39 bits per heavy atom. The molecule has 1 unspecified atom stereocenters. The van der Waals surface area contributed by atoms with Gasteiger partial charge < -0.3 is 10.6 Å². The summed E-state index contributed by atoms with van der Waals surface area (Å²) in [7, 11) is 0. The molecule has 0 saturated carbocycles. The number of thiophene rings is 1. The lowest BCUT2D eigenvalue weighted by atomic mass is 9.88. The van der Waals surface area contributed by atoms with Gasteiger partial charge in [-0.3, -0.25) is 4.79 Å². The molecule has 0 aliphatic carbocycles. The normalized spacial score (nSPS) is 24.2. The number of nitrogens with zero attached hydrogens (tertiary/aromatic N) is 1. The Morgan fingerprint density at radius 3 is 3.06 bits per heavy atom. The van der Waals surface area contributed by atoms with Gasteiger partial charge in [0.2, 0.25) is 5.91 Å². The number of amides is 1. The number of carbonyl (C=O) groups is 1. The number of likely N-dealkylation sites (tertiary alicyclic amines) is 1. The second-order valence-corrected chi connectivity index (χ2v) is 6.32. The van der Waals surface area contributed by atoms with Gasteiger partial charge in [-0.05, 0) is 44.1 Å². The first-order chi connectivity index (χ1) is 8.65. The molecular formula is C14H22N2OS. The van der Waals surface area contributed by atoms with E-state index < -0.39 is 0 Å². The molecule has 1 aromatic heterocycles. The highest BCUT2D eigenvalue weighted by Crippen LogP contribution is 2.28. The Labute approximate surface area is 113 Å². The van der Waals surface area contributed by atoms with Crippen LogP contribution in [-0.2, 0) is 11.2 Å². The van der Waals surface area contributed by atoms with Crippen molar-refractivity contribution >= 4 is 17.2 Å². The summed E-state index contributed by atoms with van der Waals surface area (Å²) in [5, 5.41) is 2.06. The van der Waals surface area contributed by atoms with Gasteiger partial charge in [0.05, 0.1) is 5.54 Å². The van der Waals surface area contributed by atoms with E-state index >= 15 is 0 Å². The van der Waals surface area contributed by atoms with Crippen molar-refractivity contribution in [1.29, 1.82) is 0 Å². The summed E-state index contributed by atoms with van der Waals surface area (Å²) in [5.74, 6) is 0.260. The largest absolute Gasteiger partial charge is 0.336 e. The molecule has 1 aliphatic heterocycles. The molecule has 1 fully saturated rings. The highest BCUT2D eigenvalue weighted by molar-refractivity contribution is 7.09. The lowest BCUT2D eigenvalue weighted by molar-refractivity contribution is -0.138. The van der Waals surface area contributed by atoms with Crippen molar-refractivity contribution in [2.24, 2.45) is 5.73 Å². The minimum absolute atomic E-state index is 0.120. The summed E-state index contributed by atoms with van der Waals surface area (Å²) < 4.78 is 0. The van der Waals surface area contributed by atoms with Crippen LogP contribution in [0.15, 0.2) is 17.5 Å². The van der Waals surface area contributed by atoms with Crippen molar-refractivity contribution in [1.82, 2.24) is 4.90 Å². The van der Waals surface area contributed by atoms with E-state index in [4.69, 9.17) is 5.73 Å². The van der Waals surface area contributed by atoms with Crippen LogP contribution >= 0.6 is 11.3 Å². The van der Waals surface area contributed by atoms with Crippen LogP contribution in [0.2, 0.25) is 0 Å². The fraction of sp³-hybridized carbons (Fsp3) is 0.643. The molecular weight excluding hydrogens is 244 g/mol. The fourth-order valence-electron chi connectivity index (χ4n) is 2.64. The zero-order chi connectivity index (χ0) is 13.0. The Kier molecular flexibility index (Phi) is 4.40. The van der Waals surface area contributed by atoms with E-state index in [2.05, 4.69) is 18.4 Å². The van der Waals surface area contributed by atoms with Gasteiger partial charge >= 0.3 is 0 Å². The van der Waals surface area contributed by atoms with Gasteiger partial charge in [-0.25, -0.2) is 0 Å². The zero-order valence-corrected chi connectivity index (χ0v) is 11.8. The summed E-state index contributed by atoms with van der Waals surface area (Å²) in [6.45, 7) is 3.56. The van der Waals surface area contributed by atoms with Gasteiger partial charge in [0.25, 0.3) is 0 Å². The topological polar surface area (TPSA) is 46.3 Å². The molecule has 1 atom stereocenters. The Balaban J connectivity index is 1.94. The summed E-state index contributed by atoms with van der Waals surface area (Å²) in [6, 6.07) is 4.13. The van der Waals surface area contributed by atoms with E-state index in [0.29, 0.717) is 13.0 Å². The molecule has 3 nitrogen and oxygen atoms in total. The van der Waals surface area contributed by atoms with Crippen LogP contribution in [0.3, 0.4) is 0 Å². The van der Waals surface area contributed by atoms with Crippen molar-refractivity contribution < 1.29 is 4.79 Å². The second-order valence-electron chi connectivity index (χ2n) is 5.28. The molecule has 18 heavy (non-hydrogen) atoms. The van der Waals surface area contributed by atoms with Crippen molar-refractivity contribution in [2.75, 3.05) is 13.1 Å². The summed E-state index contributed by atoms with van der Waals surface area (Å²) in [6.07, 6.45) is 4.79. The third-order valence-electron chi connectivity index (χ3n) is 3.90. The zero-order valence-electron chi connectivity index (χ0n) is 11.0. The van der Waals surface area contributed by atoms with Gasteiger partial charge in [0, 0.05) is 24.4 Å². The quantitative estimate of drug-likeness (QED) is 0.909. The number of hydrogen-bond acceptors (Lipinski definition) is 3. The number of rotatable bonds is 4. The summed E-state index contributed by atoms with van der Waals surface area (Å²) in [5.41, 5.74) is 5.74. The maximum absolute atomic E-state index is 12.3. The van der Waals surface area contributed by atoms with E-state index in [1.807, 2.05) is 11.0 Å². The smallest absolute Gasteiger partial charge is 0.223 e. The second kappa shape index (κ2) is 5.85. The first kappa shape index (κ1) is 13.6. The van der Waals surface area contributed by atoms with Crippen LogP contribution < -0.4 is 5.73 Å². The number of piperidine rings is 1. The third-order valence-corrected chi connectivity index (χ3v) is 4.84. The van der Waals surface area contributed by atoms with Crippen LogP contribution in [0.1, 0.15) is 37.5 Å². The molecule has 1 amide bonds. The van der Waals surface area contributed by atoms with Crippen molar-refractivity contribution in [2.45, 2.75) is 44.6 Å². The van der Waals surface area contributed by atoms with Crippen LogP contribution in [0.25, 0.3) is 0 Å². The van der Waals surface area contributed by atoms with Gasteiger partial charge in [0.1, 0.15) is 0 Å². The Hall–Kier alpha value is -0.870. The minimum Gasteiger partial charge on any atom is -0.336 e. The van der Waals surface area contributed by atoms with E-state index in [1.165, 1.54) is 11.3 Å². The number of nitrogens with two attached hydrogens (primary N) is 1. The maximum Gasteiger partial charge on any atom is 0.223 e. The highest BCUT2D eigenvalue weighted by atomic mass is 32.1. The lowest BCUT2D eigenvalue weighted by Gasteiger charge is -2.44. The third kappa shape index (κ3) is 2.93. The number of aryl methyl sites for hydroxylation is 1. The lowest BCUT2D eigenvalue weighted by Crippen LogP contribution is -2.56. The molecule has 4 heteroatoms.